The maximum Gasteiger partial charge on any atom is 0.329 e. The number of ether oxygens (including phenoxy) is 1. The van der Waals surface area contributed by atoms with Gasteiger partial charge in [0.25, 0.3) is 0 Å². The van der Waals surface area contributed by atoms with Crippen LogP contribution < -0.4 is 11.0 Å². The third-order valence-electron chi connectivity index (χ3n) is 6.04. The first-order valence-corrected chi connectivity index (χ1v) is 11.1. The van der Waals surface area contributed by atoms with Gasteiger partial charge >= 0.3 is 5.69 Å². The van der Waals surface area contributed by atoms with E-state index >= 15 is 0 Å². The number of carbonyl (C=O) groups excluding carboxylic acids is 1. The quantitative estimate of drug-likeness (QED) is 0.585. The standard InChI is InChI=1S/C24H29FN4O3/c1-2-28-20-5-3-4-6-21(20)29(24(28)31)12-11-23(30)26-17-22(27-13-15-32-16-14-27)18-7-9-19(25)10-8-18/h3-10,22H,2,11-17H2,1H3,(H,26,30). The summed E-state index contributed by atoms with van der Waals surface area (Å²) in [5, 5.41) is 3.01. The van der Waals surface area contributed by atoms with Crippen LogP contribution in [0, 0.1) is 5.82 Å². The molecular formula is C24H29FN4O3. The molecule has 2 heterocycles. The Kier molecular flexibility index (Phi) is 7.02. The molecule has 32 heavy (non-hydrogen) atoms. The Balaban J connectivity index is 1.43. The number of hydrogen-bond acceptors (Lipinski definition) is 4. The number of amides is 1. The van der Waals surface area contributed by atoms with Crippen molar-refractivity contribution < 1.29 is 13.9 Å². The van der Waals surface area contributed by atoms with E-state index in [1.807, 2.05) is 31.2 Å². The fourth-order valence-electron chi connectivity index (χ4n) is 4.34. The van der Waals surface area contributed by atoms with Gasteiger partial charge in [-0.05, 0) is 36.8 Å². The molecule has 0 saturated carbocycles. The van der Waals surface area contributed by atoms with Gasteiger partial charge < -0.3 is 10.1 Å². The minimum atomic E-state index is -0.282. The van der Waals surface area contributed by atoms with Crippen molar-refractivity contribution in [1.29, 1.82) is 0 Å². The van der Waals surface area contributed by atoms with Crippen molar-refractivity contribution in [2.24, 2.45) is 0 Å². The third-order valence-corrected chi connectivity index (χ3v) is 6.04. The van der Waals surface area contributed by atoms with E-state index in [2.05, 4.69) is 10.2 Å². The smallest absolute Gasteiger partial charge is 0.329 e. The molecule has 1 aliphatic rings. The Morgan fingerprint density at radius 3 is 2.38 bits per heavy atom. The molecule has 1 saturated heterocycles. The first kappa shape index (κ1) is 22.2. The number of nitrogens with one attached hydrogen (secondary N) is 1. The van der Waals surface area contributed by atoms with E-state index in [0.717, 1.165) is 29.7 Å². The van der Waals surface area contributed by atoms with E-state index < -0.39 is 0 Å². The van der Waals surface area contributed by atoms with Crippen LogP contribution in [-0.4, -0.2) is 52.8 Å². The highest BCUT2D eigenvalue weighted by molar-refractivity contribution is 5.78. The van der Waals surface area contributed by atoms with Crippen molar-refractivity contribution in [3.05, 3.63) is 70.4 Å². The van der Waals surface area contributed by atoms with Crippen molar-refractivity contribution in [2.45, 2.75) is 32.5 Å². The van der Waals surface area contributed by atoms with E-state index in [1.54, 1.807) is 21.3 Å². The van der Waals surface area contributed by atoms with Crippen molar-refractivity contribution in [3.8, 4) is 0 Å². The highest BCUT2D eigenvalue weighted by Crippen LogP contribution is 2.22. The Morgan fingerprint density at radius 2 is 1.72 bits per heavy atom. The van der Waals surface area contributed by atoms with Crippen LogP contribution in [0.2, 0.25) is 0 Å². The molecule has 0 aliphatic carbocycles. The number of hydrogen-bond donors (Lipinski definition) is 1. The lowest BCUT2D eigenvalue weighted by Crippen LogP contribution is -2.44. The van der Waals surface area contributed by atoms with E-state index in [1.165, 1.54) is 12.1 Å². The van der Waals surface area contributed by atoms with Gasteiger partial charge in [0.2, 0.25) is 5.91 Å². The molecule has 1 aliphatic heterocycles. The van der Waals surface area contributed by atoms with Crippen LogP contribution in [0.1, 0.15) is 24.9 Å². The summed E-state index contributed by atoms with van der Waals surface area (Å²) in [7, 11) is 0. The van der Waals surface area contributed by atoms with Crippen molar-refractivity contribution >= 4 is 16.9 Å². The van der Waals surface area contributed by atoms with Gasteiger partial charge in [0, 0.05) is 39.1 Å². The number of imidazole rings is 1. The second kappa shape index (κ2) is 10.1. The van der Waals surface area contributed by atoms with Gasteiger partial charge in [-0.3, -0.25) is 18.8 Å². The average molecular weight is 441 g/mol. The number of nitrogens with zero attached hydrogens (tertiary/aromatic N) is 3. The first-order valence-electron chi connectivity index (χ1n) is 11.1. The van der Waals surface area contributed by atoms with Gasteiger partial charge in [-0.2, -0.15) is 0 Å². The molecule has 0 spiro atoms. The molecule has 170 valence electrons. The van der Waals surface area contributed by atoms with Gasteiger partial charge in [0.15, 0.2) is 0 Å². The van der Waals surface area contributed by atoms with Crippen LogP contribution >= 0.6 is 0 Å². The number of carbonyl (C=O) groups is 1. The molecule has 1 N–H and O–H groups in total. The second-order valence-corrected chi connectivity index (χ2v) is 7.94. The largest absolute Gasteiger partial charge is 0.379 e. The van der Waals surface area contributed by atoms with Gasteiger partial charge in [-0.25, -0.2) is 9.18 Å². The fraction of sp³-hybridized carbons (Fsp3) is 0.417. The molecule has 1 unspecified atom stereocenters. The molecule has 3 aromatic rings. The number of aryl methyl sites for hydroxylation is 2. The number of morpholine rings is 1. The summed E-state index contributed by atoms with van der Waals surface area (Å²) in [5.41, 5.74) is 2.57. The maximum absolute atomic E-state index is 13.4. The SMILES string of the molecule is CCn1c(=O)n(CCC(=O)NCC(c2ccc(F)cc2)N2CCOCC2)c2ccccc21. The predicted octanol–water partition coefficient (Wildman–Crippen LogP) is 2.54. The fourth-order valence-corrected chi connectivity index (χ4v) is 4.34. The molecule has 1 amide bonds. The number of fused-ring (bicyclic) bond motifs is 1. The number of halogens is 1. The molecule has 1 atom stereocenters. The molecule has 8 heteroatoms. The highest BCUT2D eigenvalue weighted by Gasteiger charge is 2.23. The molecule has 1 aromatic heterocycles. The van der Waals surface area contributed by atoms with Crippen LogP contribution in [0.3, 0.4) is 0 Å². The molecule has 7 nitrogen and oxygen atoms in total. The molecule has 4 rings (SSSR count). The van der Waals surface area contributed by atoms with Crippen LogP contribution in [0.15, 0.2) is 53.3 Å². The number of para-hydroxylation sites is 2. The molecule has 1 fully saturated rings. The van der Waals surface area contributed by atoms with E-state index in [0.29, 0.717) is 32.8 Å². The minimum absolute atomic E-state index is 0.0619. The Bertz CT molecular complexity index is 1120. The van der Waals surface area contributed by atoms with Crippen LogP contribution in [0.25, 0.3) is 11.0 Å². The second-order valence-electron chi connectivity index (χ2n) is 7.94. The van der Waals surface area contributed by atoms with Crippen molar-refractivity contribution in [3.63, 3.8) is 0 Å². The van der Waals surface area contributed by atoms with Crippen LogP contribution in [0.4, 0.5) is 4.39 Å². The third kappa shape index (κ3) is 4.76. The zero-order valence-corrected chi connectivity index (χ0v) is 18.3. The zero-order valence-electron chi connectivity index (χ0n) is 18.3. The summed E-state index contributed by atoms with van der Waals surface area (Å²) >= 11 is 0. The van der Waals surface area contributed by atoms with Gasteiger partial charge in [-0.1, -0.05) is 24.3 Å². The minimum Gasteiger partial charge on any atom is -0.379 e. The molecule has 2 aromatic carbocycles. The Morgan fingerprint density at radius 1 is 1.06 bits per heavy atom. The van der Waals surface area contributed by atoms with Gasteiger partial charge in [0.05, 0.1) is 30.3 Å². The topological polar surface area (TPSA) is 68.5 Å². The number of rotatable bonds is 8. The Labute approximate surface area is 186 Å². The molecule has 0 bridgehead atoms. The normalized spacial score (nSPS) is 15.7. The summed E-state index contributed by atoms with van der Waals surface area (Å²) in [4.78, 5) is 27.7. The van der Waals surface area contributed by atoms with Crippen molar-refractivity contribution in [2.75, 3.05) is 32.8 Å². The van der Waals surface area contributed by atoms with Crippen LogP contribution in [0.5, 0.6) is 0 Å². The van der Waals surface area contributed by atoms with Gasteiger partial charge in [-0.15, -0.1) is 0 Å². The predicted molar refractivity (Wildman–Crippen MR) is 121 cm³/mol. The zero-order chi connectivity index (χ0) is 22.5. The Hall–Kier alpha value is -2.97. The van der Waals surface area contributed by atoms with Crippen molar-refractivity contribution in [1.82, 2.24) is 19.4 Å². The summed E-state index contributed by atoms with van der Waals surface area (Å²) in [6.45, 7) is 6.02. The van der Waals surface area contributed by atoms with E-state index in [9.17, 15) is 14.0 Å². The lowest BCUT2D eigenvalue weighted by atomic mass is 10.0. The molecule has 0 radical (unpaired) electrons. The van der Waals surface area contributed by atoms with E-state index in [4.69, 9.17) is 4.74 Å². The summed E-state index contributed by atoms with van der Waals surface area (Å²) in [6, 6.07) is 14.0. The monoisotopic (exact) mass is 440 g/mol. The first-order chi connectivity index (χ1) is 15.6. The summed E-state index contributed by atoms with van der Waals surface area (Å²) in [5.74, 6) is -0.402. The average Bonchev–Trinajstić information content (AvgIpc) is 3.10. The molecular weight excluding hydrogens is 411 g/mol. The maximum atomic E-state index is 13.4. The van der Waals surface area contributed by atoms with Gasteiger partial charge in [0.1, 0.15) is 5.82 Å². The lowest BCUT2D eigenvalue weighted by molar-refractivity contribution is -0.121. The van der Waals surface area contributed by atoms with E-state index in [-0.39, 0.29) is 29.9 Å². The number of benzene rings is 2. The van der Waals surface area contributed by atoms with Crippen LogP contribution in [-0.2, 0) is 22.6 Å². The summed E-state index contributed by atoms with van der Waals surface area (Å²) < 4.78 is 22.2. The summed E-state index contributed by atoms with van der Waals surface area (Å²) in [6.07, 6.45) is 0.205. The highest BCUT2D eigenvalue weighted by atomic mass is 19.1. The number of aromatic nitrogens is 2. The lowest BCUT2D eigenvalue weighted by Gasteiger charge is -2.35.